The van der Waals surface area contributed by atoms with Crippen molar-refractivity contribution >= 4 is 5.78 Å². The van der Waals surface area contributed by atoms with Crippen LogP contribution in [0.25, 0.3) is 0 Å². The number of aromatic nitrogens is 2. The van der Waals surface area contributed by atoms with Gasteiger partial charge in [0, 0.05) is 19.9 Å². The first-order chi connectivity index (χ1) is 7.60. The monoisotopic (exact) mass is 222 g/mol. The van der Waals surface area contributed by atoms with Crippen LogP contribution in [-0.2, 0) is 23.0 Å². The molecule has 88 valence electrons. The number of carbonyl (C=O) groups excluding carboxylic acids is 1. The normalized spacial score (nSPS) is 25.6. The molecule has 1 aliphatic heterocycles. The maximum absolute atomic E-state index is 12.1. The van der Waals surface area contributed by atoms with E-state index in [9.17, 15) is 4.79 Å². The van der Waals surface area contributed by atoms with Crippen LogP contribution in [0.4, 0.5) is 0 Å². The maximum atomic E-state index is 12.1. The molecule has 1 aromatic rings. The Kier molecular flexibility index (Phi) is 3.10. The molecule has 4 heteroatoms. The lowest BCUT2D eigenvalue weighted by molar-refractivity contribution is -0.147. The fourth-order valence-corrected chi connectivity index (χ4v) is 2.06. The number of Topliss-reactive ketones (excluding diaryl/α,β-unsaturated/α-hetero) is 1. The van der Waals surface area contributed by atoms with Gasteiger partial charge < -0.3 is 4.74 Å². The van der Waals surface area contributed by atoms with E-state index in [1.165, 1.54) is 0 Å². The average Bonchev–Trinajstić information content (AvgIpc) is 2.65. The molecule has 1 saturated heterocycles. The van der Waals surface area contributed by atoms with Crippen LogP contribution in [0.2, 0.25) is 0 Å². The van der Waals surface area contributed by atoms with E-state index in [0.29, 0.717) is 13.0 Å². The first-order valence-corrected chi connectivity index (χ1v) is 5.76. The highest BCUT2D eigenvalue weighted by atomic mass is 16.5. The summed E-state index contributed by atoms with van der Waals surface area (Å²) >= 11 is 0. The molecule has 0 bridgehead atoms. The highest BCUT2D eigenvalue weighted by Gasteiger charge is 2.35. The Balaban J connectivity index is 2.01. The van der Waals surface area contributed by atoms with Gasteiger partial charge in [0.15, 0.2) is 5.78 Å². The summed E-state index contributed by atoms with van der Waals surface area (Å²) in [5.41, 5.74) is 0.235. The van der Waals surface area contributed by atoms with Crippen molar-refractivity contribution in [3.05, 3.63) is 18.0 Å². The van der Waals surface area contributed by atoms with Crippen LogP contribution in [0.15, 0.2) is 12.3 Å². The van der Waals surface area contributed by atoms with Gasteiger partial charge in [0.2, 0.25) is 0 Å². The molecule has 0 amide bonds. The molecular formula is C12H18N2O2. The quantitative estimate of drug-likeness (QED) is 0.778. The number of nitrogens with zero attached hydrogens (tertiary/aromatic N) is 2. The molecule has 0 aromatic carbocycles. The van der Waals surface area contributed by atoms with Crippen LogP contribution in [-0.4, -0.2) is 27.8 Å². The lowest BCUT2D eigenvalue weighted by atomic mass is 9.89. The Morgan fingerprint density at radius 1 is 1.62 bits per heavy atom. The molecule has 16 heavy (non-hydrogen) atoms. The lowest BCUT2D eigenvalue weighted by Gasteiger charge is -2.32. The number of aryl methyl sites for hydroxylation is 1. The second-order valence-corrected chi connectivity index (χ2v) is 4.62. The van der Waals surface area contributed by atoms with E-state index in [0.717, 1.165) is 25.0 Å². The van der Waals surface area contributed by atoms with Crippen molar-refractivity contribution in [2.75, 3.05) is 6.61 Å². The second-order valence-electron chi connectivity index (χ2n) is 4.62. The predicted molar refractivity (Wildman–Crippen MR) is 60.1 cm³/mol. The molecule has 0 aliphatic carbocycles. The topological polar surface area (TPSA) is 44.1 Å². The van der Waals surface area contributed by atoms with Gasteiger partial charge in [-0.05, 0) is 32.3 Å². The molecule has 1 aromatic heterocycles. The minimum absolute atomic E-state index is 0.144. The van der Waals surface area contributed by atoms with Gasteiger partial charge in [-0.15, -0.1) is 0 Å². The lowest BCUT2D eigenvalue weighted by Crippen LogP contribution is -2.42. The van der Waals surface area contributed by atoms with E-state index in [1.54, 1.807) is 4.68 Å². The minimum atomic E-state index is -0.588. The van der Waals surface area contributed by atoms with Crippen molar-refractivity contribution < 1.29 is 9.53 Å². The smallest absolute Gasteiger partial charge is 0.170 e. The zero-order chi connectivity index (χ0) is 11.6. The Morgan fingerprint density at radius 2 is 2.44 bits per heavy atom. The summed E-state index contributed by atoms with van der Waals surface area (Å²) in [6.07, 6.45) is 5.19. The van der Waals surface area contributed by atoms with Gasteiger partial charge in [0.1, 0.15) is 5.60 Å². The summed E-state index contributed by atoms with van der Waals surface area (Å²) in [6, 6.07) is 1.88. The van der Waals surface area contributed by atoms with Gasteiger partial charge in [-0.1, -0.05) is 0 Å². The largest absolute Gasteiger partial charge is 0.367 e. The van der Waals surface area contributed by atoms with Gasteiger partial charge >= 0.3 is 0 Å². The second kappa shape index (κ2) is 4.37. The molecule has 1 unspecified atom stereocenters. The number of hydrogen-bond acceptors (Lipinski definition) is 3. The summed E-state index contributed by atoms with van der Waals surface area (Å²) in [6.45, 7) is 2.60. The molecule has 1 fully saturated rings. The summed E-state index contributed by atoms with van der Waals surface area (Å²) in [4.78, 5) is 12.1. The SMILES string of the molecule is Cn1ccc(CC(=O)C2(C)CCCCO2)n1. The summed E-state index contributed by atoms with van der Waals surface area (Å²) in [5, 5.41) is 4.22. The first kappa shape index (κ1) is 11.3. The van der Waals surface area contributed by atoms with Crippen molar-refractivity contribution in [2.24, 2.45) is 7.05 Å². The van der Waals surface area contributed by atoms with Gasteiger partial charge in [0.25, 0.3) is 0 Å². The standard InChI is InChI=1S/C12H18N2O2/c1-12(6-3-4-8-16-12)11(15)9-10-5-7-14(2)13-10/h5,7H,3-4,6,8-9H2,1-2H3. The van der Waals surface area contributed by atoms with E-state index < -0.39 is 5.60 Å². The fraction of sp³-hybridized carbons (Fsp3) is 0.667. The molecule has 0 radical (unpaired) electrons. The van der Waals surface area contributed by atoms with Crippen LogP contribution >= 0.6 is 0 Å². The van der Waals surface area contributed by atoms with E-state index in [4.69, 9.17) is 4.74 Å². The third-order valence-corrected chi connectivity index (χ3v) is 3.17. The Labute approximate surface area is 95.6 Å². The van der Waals surface area contributed by atoms with E-state index >= 15 is 0 Å². The molecule has 1 atom stereocenters. The van der Waals surface area contributed by atoms with Crippen LogP contribution in [0.5, 0.6) is 0 Å². The van der Waals surface area contributed by atoms with Gasteiger partial charge in [-0.2, -0.15) is 5.10 Å². The zero-order valence-electron chi connectivity index (χ0n) is 9.90. The summed E-state index contributed by atoms with van der Waals surface area (Å²) in [5.74, 6) is 0.144. The zero-order valence-corrected chi connectivity index (χ0v) is 9.90. The maximum Gasteiger partial charge on any atom is 0.170 e. The molecule has 0 spiro atoms. The van der Waals surface area contributed by atoms with Crippen molar-refractivity contribution in [3.8, 4) is 0 Å². The van der Waals surface area contributed by atoms with Crippen molar-refractivity contribution in [2.45, 2.75) is 38.2 Å². The Bertz CT molecular complexity index is 378. The molecule has 0 N–H and O–H groups in total. The highest BCUT2D eigenvalue weighted by molar-refractivity contribution is 5.88. The molecule has 1 aliphatic rings. The molecule has 2 rings (SSSR count). The first-order valence-electron chi connectivity index (χ1n) is 5.76. The van der Waals surface area contributed by atoms with Gasteiger partial charge in [-0.25, -0.2) is 0 Å². The molecule has 4 nitrogen and oxygen atoms in total. The van der Waals surface area contributed by atoms with Crippen LogP contribution < -0.4 is 0 Å². The van der Waals surface area contributed by atoms with E-state index in [2.05, 4.69) is 5.10 Å². The number of ether oxygens (including phenoxy) is 1. The van der Waals surface area contributed by atoms with E-state index in [1.807, 2.05) is 26.2 Å². The van der Waals surface area contributed by atoms with Gasteiger partial charge in [-0.3, -0.25) is 9.48 Å². The Hall–Kier alpha value is -1.16. The van der Waals surface area contributed by atoms with Gasteiger partial charge in [0.05, 0.1) is 12.1 Å². The van der Waals surface area contributed by atoms with Crippen LogP contribution in [0.3, 0.4) is 0 Å². The van der Waals surface area contributed by atoms with Crippen molar-refractivity contribution in [1.29, 1.82) is 0 Å². The highest BCUT2D eigenvalue weighted by Crippen LogP contribution is 2.26. The molecule has 2 heterocycles. The third-order valence-electron chi connectivity index (χ3n) is 3.17. The average molecular weight is 222 g/mol. The minimum Gasteiger partial charge on any atom is -0.367 e. The Morgan fingerprint density at radius 3 is 3.00 bits per heavy atom. The third kappa shape index (κ3) is 2.32. The fourth-order valence-electron chi connectivity index (χ4n) is 2.06. The number of rotatable bonds is 3. The van der Waals surface area contributed by atoms with Crippen molar-refractivity contribution in [3.63, 3.8) is 0 Å². The van der Waals surface area contributed by atoms with Crippen LogP contribution in [0, 0.1) is 0 Å². The molecular weight excluding hydrogens is 204 g/mol. The molecule has 0 saturated carbocycles. The van der Waals surface area contributed by atoms with Crippen LogP contribution in [0.1, 0.15) is 31.9 Å². The number of carbonyl (C=O) groups is 1. The predicted octanol–water partition coefficient (Wildman–Crippen LogP) is 1.49. The van der Waals surface area contributed by atoms with Crippen molar-refractivity contribution in [1.82, 2.24) is 9.78 Å². The summed E-state index contributed by atoms with van der Waals surface area (Å²) in [7, 11) is 1.85. The number of hydrogen-bond donors (Lipinski definition) is 0. The van der Waals surface area contributed by atoms with E-state index in [-0.39, 0.29) is 5.78 Å². The number of ketones is 1. The summed E-state index contributed by atoms with van der Waals surface area (Å²) < 4.78 is 7.34.